The monoisotopic (exact) mass is 1090 g/mol. The highest BCUT2D eigenvalue weighted by atomic mass is 16.6. The molecule has 0 aliphatic carbocycles. The van der Waals surface area contributed by atoms with E-state index in [1.807, 2.05) is 0 Å². The number of allylic oxidation sites excluding steroid dienone is 24. The van der Waals surface area contributed by atoms with Crippen LogP contribution >= 0.6 is 0 Å². The van der Waals surface area contributed by atoms with Crippen LogP contribution in [0.4, 0.5) is 0 Å². The second-order valence-electron chi connectivity index (χ2n) is 20.9. The van der Waals surface area contributed by atoms with Crippen LogP contribution < -0.4 is 0 Å². The van der Waals surface area contributed by atoms with Gasteiger partial charge in [-0.25, -0.2) is 0 Å². The molecule has 0 aliphatic heterocycles. The molecule has 1 unspecified atom stereocenters. The molecule has 0 rings (SSSR count). The predicted octanol–water partition coefficient (Wildman–Crippen LogP) is 22.3. The van der Waals surface area contributed by atoms with E-state index in [-0.39, 0.29) is 31.1 Å². The Hall–Kier alpha value is -4.71. The number of hydrogen-bond acceptors (Lipinski definition) is 6. The Morgan fingerprint density at radius 3 is 0.785 bits per heavy atom. The molecular weight excluding hydrogens is 973 g/mol. The largest absolute Gasteiger partial charge is 0.462 e. The van der Waals surface area contributed by atoms with Crippen LogP contribution in [-0.4, -0.2) is 37.2 Å². The molecule has 0 aromatic heterocycles. The summed E-state index contributed by atoms with van der Waals surface area (Å²) in [6.45, 7) is 6.45. The third-order valence-corrected chi connectivity index (χ3v) is 13.3. The third-order valence-electron chi connectivity index (χ3n) is 13.3. The van der Waals surface area contributed by atoms with Gasteiger partial charge >= 0.3 is 17.9 Å². The van der Waals surface area contributed by atoms with Crippen molar-refractivity contribution in [2.45, 2.75) is 284 Å². The van der Waals surface area contributed by atoms with Gasteiger partial charge in [-0.15, -0.1) is 0 Å². The summed E-state index contributed by atoms with van der Waals surface area (Å²) in [5.41, 5.74) is 0. The highest BCUT2D eigenvalue weighted by Gasteiger charge is 2.19. The van der Waals surface area contributed by atoms with Crippen LogP contribution in [0, 0.1) is 0 Å². The first-order valence-electron chi connectivity index (χ1n) is 32.3. The first-order valence-corrected chi connectivity index (χ1v) is 32.3. The molecule has 0 radical (unpaired) electrons. The molecule has 1 atom stereocenters. The summed E-state index contributed by atoms with van der Waals surface area (Å²) in [6.07, 6.45) is 94.4. The van der Waals surface area contributed by atoms with Crippen molar-refractivity contribution in [2.75, 3.05) is 13.2 Å². The average Bonchev–Trinajstić information content (AvgIpc) is 3.45. The number of carbonyl (C=O) groups excluding carboxylic acids is 3. The van der Waals surface area contributed by atoms with E-state index >= 15 is 0 Å². The van der Waals surface area contributed by atoms with E-state index in [2.05, 4.69) is 167 Å². The van der Waals surface area contributed by atoms with Gasteiger partial charge in [0.15, 0.2) is 6.10 Å². The van der Waals surface area contributed by atoms with E-state index in [1.54, 1.807) is 0 Å². The van der Waals surface area contributed by atoms with Gasteiger partial charge < -0.3 is 14.2 Å². The second-order valence-corrected chi connectivity index (χ2v) is 20.9. The summed E-state index contributed by atoms with van der Waals surface area (Å²) < 4.78 is 16.8. The van der Waals surface area contributed by atoms with Crippen LogP contribution in [0.25, 0.3) is 0 Å². The quantitative estimate of drug-likeness (QED) is 0.0261. The van der Waals surface area contributed by atoms with Crippen LogP contribution in [0.2, 0.25) is 0 Å². The van der Waals surface area contributed by atoms with Gasteiger partial charge in [-0.05, 0) is 128 Å². The predicted molar refractivity (Wildman–Crippen MR) is 343 cm³/mol. The molecule has 0 fully saturated rings. The minimum atomic E-state index is -0.796. The van der Waals surface area contributed by atoms with Crippen molar-refractivity contribution in [3.8, 4) is 0 Å². The van der Waals surface area contributed by atoms with Crippen molar-refractivity contribution in [2.24, 2.45) is 0 Å². The van der Waals surface area contributed by atoms with Crippen LogP contribution in [0.5, 0.6) is 0 Å². The van der Waals surface area contributed by atoms with Gasteiger partial charge in [0.05, 0.1) is 0 Å². The molecule has 0 saturated carbocycles. The maximum absolute atomic E-state index is 12.9. The molecule has 0 aromatic carbocycles. The van der Waals surface area contributed by atoms with Gasteiger partial charge in [0.1, 0.15) is 13.2 Å². The van der Waals surface area contributed by atoms with Crippen molar-refractivity contribution in [3.63, 3.8) is 0 Å². The van der Waals surface area contributed by atoms with Gasteiger partial charge in [0.25, 0.3) is 0 Å². The lowest BCUT2D eigenvalue weighted by Gasteiger charge is -2.18. The molecule has 446 valence electrons. The lowest BCUT2D eigenvalue weighted by atomic mass is 10.1. The molecule has 6 nitrogen and oxygen atoms in total. The Morgan fingerprint density at radius 2 is 0.494 bits per heavy atom. The first kappa shape index (κ1) is 74.3. The molecule has 0 aromatic rings. The molecule has 0 heterocycles. The van der Waals surface area contributed by atoms with Crippen molar-refractivity contribution >= 4 is 17.9 Å². The summed E-state index contributed by atoms with van der Waals surface area (Å²) >= 11 is 0. The minimum Gasteiger partial charge on any atom is -0.462 e. The minimum absolute atomic E-state index is 0.0919. The normalized spacial score (nSPS) is 13.1. The van der Waals surface area contributed by atoms with E-state index in [0.29, 0.717) is 19.3 Å². The Balaban J connectivity index is 4.25. The Labute approximate surface area is 487 Å². The number of hydrogen-bond donors (Lipinski definition) is 0. The molecule has 0 amide bonds. The highest BCUT2D eigenvalue weighted by Crippen LogP contribution is 2.14. The molecule has 0 bridgehead atoms. The van der Waals surface area contributed by atoms with Crippen LogP contribution in [-0.2, 0) is 28.6 Å². The summed E-state index contributed by atoms with van der Waals surface area (Å²) in [4.78, 5) is 38.1. The zero-order valence-corrected chi connectivity index (χ0v) is 51.1. The molecular formula is C73H118O6. The van der Waals surface area contributed by atoms with E-state index in [1.165, 1.54) is 89.9 Å². The van der Waals surface area contributed by atoms with Gasteiger partial charge in [-0.2, -0.15) is 0 Å². The van der Waals surface area contributed by atoms with Gasteiger partial charge in [-0.1, -0.05) is 276 Å². The van der Waals surface area contributed by atoms with Crippen LogP contribution in [0.3, 0.4) is 0 Å². The lowest BCUT2D eigenvalue weighted by Crippen LogP contribution is -2.30. The van der Waals surface area contributed by atoms with E-state index in [4.69, 9.17) is 14.2 Å². The summed E-state index contributed by atoms with van der Waals surface area (Å²) in [5.74, 6) is -0.931. The first-order chi connectivity index (χ1) is 39.0. The molecule has 0 saturated heterocycles. The Morgan fingerprint density at radius 1 is 0.266 bits per heavy atom. The van der Waals surface area contributed by atoms with Crippen molar-refractivity contribution in [1.29, 1.82) is 0 Å². The summed E-state index contributed by atoms with van der Waals surface area (Å²) in [5, 5.41) is 0. The molecule has 0 N–H and O–H groups in total. The van der Waals surface area contributed by atoms with E-state index < -0.39 is 6.10 Å². The molecule has 79 heavy (non-hydrogen) atoms. The fourth-order valence-corrected chi connectivity index (χ4v) is 8.50. The third kappa shape index (κ3) is 64.0. The fourth-order valence-electron chi connectivity index (χ4n) is 8.50. The number of unbranched alkanes of at least 4 members (excludes halogenated alkanes) is 22. The number of rotatable bonds is 57. The van der Waals surface area contributed by atoms with Gasteiger partial charge in [0, 0.05) is 19.3 Å². The van der Waals surface area contributed by atoms with Crippen molar-refractivity contribution in [1.82, 2.24) is 0 Å². The van der Waals surface area contributed by atoms with E-state index in [0.717, 1.165) is 148 Å². The van der Waals surface area contributed by atoms with Gasteiger partial charge in [0.2, 0.25) is 0 Å². The number of ether oxygens (including phenoxy) is 3. The Kier molecular flexibility index (Phi) is 61.9. The maximum atomic E-state index is 12.9. The molecule has 0 spiro atoms. The maximum Gasteiger partial charge on any atom is 0.306 e. The zero-order valence-electron chi connectivity index (χ0n) is 51.1. The summed E-state index contributed by atoms with van der Waals surface area (Å²) in [7, 11) is 0. The summed E-state index contributed by atoms with van der Waals surface area (Å²) in [6, 6.07) is 0. The fraction of sp³-hybridized carbons (Fsp3) is 0.630. The smallest absolute Gasteiger partial charge is 0.306 e. The topological polar surface area (TPSA) is 78.9 Å². The molecule has 0 aliphatic rings. The second kappa shape index (κ2) is 65.8. The number of carbonyl (C=O) groups is 3. The standard InChI is InChI=1S/C73H118O6/c1-4-7-10-13-16-19-21-23-25-27-29-30-31-32-33-34-35-36-37-38-39-40-41-42-43-44-45-47-48-50-52-54-57-60-63-66-72(75)78-69-70(68-77-71(74)65-62-59-56-18-15-12-9-6-3)79-73(76)67-64-61-58-55-53-51-49-46-28-26-24-22-20-17-14-11-8-5-2/h7,10,16,19-20,22-23,25-26,28-30,32-33,35-36,38-39,41-42,44-45,48,50,70H,4-6,8-9,11-15,17-18,21,24,27,31,34,37,40,43,46-47,49,51-69H2,1-3H3/b10-7-,19-16-,22-20-,25-23-,28-26-,30-29-,33-32-,36-35-,39-38-,42-41-,45-44-,50-48-. The lowest BCUT2D eigenvalue weighted by molar-refractivity contribution is -0.167. The molecule has 6 heteroatoms. The van der Waals surface area contributed by atoms with Crippen molar-refractivity contribution in [3.05, 3.63) is 146 Å². The van der Waals surface area contributed by atoms with Crippen LogP contribution in [0.15, 0.2) is 146 Å². The SMILES string of the molecule is CC/C=C\C/C=C\C/C=C\C/C=C\C/C=C\C/C=C\C/C=C\C/C=C\C/C=C\C/C=C\CCCCCCC(=O)OCC(COC(=O)CCCCCCCCCC)OC(=O)CCCCCCCCC/C=C\C/C=C\CCCCCC. The van der Waals surface area contributed by atoms with E-state index in [9.17, 15) is 14.4 Å². The average molecular weight is 1090 g/mol. The van der Waals surface area contributed by atoms with Gasteiger partial charge in [-0.3, -0.25) is 14.4 Å². The van der Waals surface area contributed by atoms with Crippen LogP contribution in [0.1, 0.15) is 278 Å². The number of esters is 3. The zero-order chi connectivity index (χ0) is 57.1. The highest BCUT2D eigenvalue weighted by molar-refractivity contribution is 5.71. The van der Waals surface area contributed by atoms with Crippen molar-refractivity contribution < 1.29 is 28.6 Å². The Bertz CT molecular complexity index is 1730.